The van der Waals surface area contributed by atoms with Crippen LogP contribution in [0.3, 0.4) is 0 Å². The molecule has 4 aromatic rings. The number of halogens is 1. The van der Waals surface area contributed by atoms with Crippen LogP contribution in [-0.2, 0) is 17.7 Å². The number of nitrogens with one attached hydrogen (secondary N) is 1. The van der Waals surface area contributed by atoms with Crippen molar-refractivity contribution in [3.05, 3.63) is 106 Å². The summed E-state index contributed by atoms with van der Waals surface area (Å²) in [4.78, 5) is 44.3. The van der Waals surface area contributed by atoms with E-state index in [2.05, 4.69) is 27.0 Å². The fraction of sp³-hybridized carbons (Fsp3) is 0.214. The summed E-state index contributed by atoms with van der Waals surface area (Å²) in [5, 5.41) is 16.2. The second-order valence-electron chi connectivity index (χ2n) is 8.90. The highest BCUT2D eigenvalue weighted by Gasteiger charge is 2.29. The summed E-state index contributed by atoms with van der Waals surface area (Å²) in [5.74, 6) is -2.38. The molecule has 0 unspecified atom stereocenters. The molecular formula is C28H27FN6O5. The molecule has 0 fully saturated rings. The molecule has 1 amide bonds. The zero-order chi connectivity index (χ0) is 28.8. The van der Waals surface area contributed by atoms with Gasteiger partial charge in [0.1, 0.15) is 24.4 Å². The number of nitrogens with zero attached hydrogens (tertiary/aromatic N) is 4. The maximum absolute atomic E-state index is 13.0. The van der Waals surface area contributed by atoms with Crippen molar-refractivity contribution < 1.29 is 28.6 Å². The molecule has 2 heterocycles. The lowest BCUT2D eigenvalue weighted by atomic mass is 9.98. The Labute approximate surface area is 228 Å². The van der Waals surface area contributed by atoms with Gasteiger partial charge in [-0.05, 0) is 60.2 Å². The molecule has 1 aliphatic rings. The van der Waals surface area contributed by atoms with E-state index < -0.39 is 17.8 Å². The number of ether oxygens (including phenoxy) is 1. The monoisotopic (exact) mass is 546 g/mol. The van der Waals surface area contributed by atoms with Crippen molar-refractivity contribution >= 4 is 23.6 Å². The molecule has 0 aliphatic heterocycles. The van der Waals surface area contributed by atoms with E-state index in [1.165, 1.54) is 35.1 Å². The van der Waals surface area contributed by atoms with Gasteiger partial charge in [0, 0.05) is 12.6 Å². The number of aromatic carboxylic acids is 1. The van der Waals surface area contributed by atoms with Crippen LogP contribution in [0.25, 0.3) is 5.78 Å². The Morgan fingerprint density at radius 3 is 2.75 bits per heavy atom. The smallest absolute Gasteiger partial charge is 0.354 e. The first kappa shape index (κ1) is 28.0. The normalized spacial score (nSPS) is 13.6. The van der Waals surface area contributed by atoms with Crippen LogP contribution in [0, 0.1) is 12.7 Å². The number of aromatic nitrogens is 4. The average molecular weight is 547 g/mol. The predicted molar refractivity (Wildman–Crippen MR) is 142 cm³/mol. The van der Waals surface area contributed by atoms with Crippen molar-refractivity contribution in [1.82, 2.24) is 24.9 Å². The molecule has 40 heavy (non-hydrogen) atoms. The van der Waals surface area contributed by atoms with Gasteiger partial charge in [-0.15, -0.1) is 0 Å². The second kappa shape index (κ2) is 12.3. The number of fused-ring (bicyclic) bond motifs is 2. The molecular weight excluding hydrogens is 519 g/mol. The lowest BCUT2D eigenvalue weighted by molar-refractivity contribution is 0.0548. The van der Waals surface area contributed by atoms with Gasteiger partial charge in [0.25, 0.3) is 11.7 Å². The predicted octanol–water partition coefficient (Wildman–Crippen LogP) is 3.18. The summed E-state index contributed by atoms with van der Waals surface area (Å²) in [6, 6.07) is 10.7. The molecule has 2 aromatic carbocycles. The Bertz CT molecular complexity index is 1600. The van der Waals surface area contributed by atoms with Crippen molar-refractivity contribution in [2.24, 2.45) is 5.73 Å². The number of amides is 1. The molecule has 2 aromatic heterocycles. The number of nitrogens with two attached hydrogens (primary N) is 1. The SMILES string of the molecule is C=CCOC(=O)c1ccc2c(c1C)CC[C@@H]2NC(=O)c1cc(C(=O)O)nc2ncnn12.NCc1cccc(F)c1. The maximum Gasteiger partial charge on any atom is 0.354 e. The number of hydrogen-bond acceptors (Lipinski definition) is 8. The highest BCUT2D eigenvalue weighted by Crippen LogP contribution is 2.35. The van der Waals surface area contributed by atoms with Crippen molar-refractivity contribution in [3.63, 3.8) is 0 Å². The molecule has 4 N–H and O–H groups in total. The van der Waals surface area contributed by atoms with Gasteiger partial charge in [-0.2, -0.15) is 14.6 Å². The molecule has 1 aliphatic carbocycles. The standard InChI is InChI=1S/C21H19N5O5.C7H8FN/c1-3-8-31-20(30)13-4-5-14-12(11(13)2)6-7-15(14)24-18(27)17-9-16(19(28)29)25-21-22-10-23-26(17)21;8-7-3-1-2-6(4-7)5-9/h3-5,9-10,15H,1,6-8H2,2H3,(H,24,27)(H,28,29);1-4H,5,9H2/t15-;/m0./s1. The first-order chi connectivity index (χ1) is 19.2. The summed E-state index contributed by atoms with van der Waals surface area (Å²) in [5.41, 5.74) is 9.01. The van der Waals surface area contributed by atoms with Crippen LogP contribution < -0.4 is 11.1 Å². The summed E-state index contributed by atoms with van der Waals surface area (Å²) in [7, 11) is 0. The van der Waals surface area contributed by atoms with Gasteiger partial charge in [-0.1, -0.05) is 30.9 Å². The summed E-state index contributed by atoms with van der Waals surface area (Å²) >= 11 is 0. The van der Waals surface area contributed by atoms with E-state index in [0.29, 0.717) is 24.9 Å². The first-order valence-electron chi connectivity index (χ1n) is 12.3. The van der Waals surface area contributed by atoms with Crippen molar-refractivity contribution in [2.45, 2.75) is 32.4 Å². The van der Waals surface area contributed by atoms with E-state index in [4.69, 9.17) is 10.5 Å². The average Bonchev–Trinajstić information content (AvgIpc) is 3.59. The molecule has 0 bridgehead atoms. The molecule has 1 atom stereocenters. The largest absolute Gasteiger partial charge is 0.477 e. The van der Waals surface area contributed by atoms with Crippen LogP contribution in [0.1, 0.15) is 66.1 Å². The Balaban J connectivity index is 0.000000350. The number of benzene rings is 2. The summed E-state index contributed by atoms with van der Waals surface area (Å²) < 4.78 is 18.6. The maximum atomic E-state index is 13.0. The van der Waals surface area contributed by atoms with E-state index in [1.54, 1.807) is 18.2 Å². The van der Waals surface area contributed by atoms with Gasteiger partial charge < -0.3 is 20.9 Å². The third-order valence-corrected chi connectivity index (χ3v) is 6.38. The number of rotatable bonds is 7. The van der Waals surface area contributed by atoms with Gasteiger partial charge in [0.05, 0.1) is 11.6 Å². The Morgan fingerprint density at radius 2 is 2.08 bits per heavy atom. The lowest BCUT2D eigenvalue weighted by Crippen LogP contribution is -2.29. The van der Waals surface area contributed by atoms with Gasteiger partial charge in [-0.3, -0.25) is 4.79 Å². The highest BCUT2D eigenvalue weighted by molar-refractivity contribution is 5.96. The Hall–Kier alpha value is -4.97. The van der Waals surface area contributed by atoms with Gasteiger partial charge in [0.15, 0.2) is 5.69 Å². The zero-order valence-corrected chi connectivity index (χ0v) is 21.6. The quantitative estimate of drug-likeness (QED) is 0.233. The minimum atomic E-state index is -1.27. The highest BCUT2D eigenvalue weighted by atomic mass is 19.1. The van der Waals surface area contributed by atoms with Crippen LogP contribution >= 0.6 is 0 Å². The minimum absolute atomic E-state index is 0.0229. The summed E-state index contributed by atoms with van der Waals surface area (Å²) in [6.45, 7) is 5.93. The molecule has 0 saturated carbocycles. The second-order valence-corrected chi connectivity index (χ2v) is 8.90. The number of carboxylic acids is 1. The number of esters is 1. The fourth-order valence-corrected chi connectivity index (χ4v) is 4.44. The first-order valence-corrected chi connectivity index (χ1v) is 12.3. The molecule has 11 nitrogen and oxygen atoms in total. The third-order valence-electron chi connectivity index (χ3n) is 6.38. The lowest BCUT2D eigenvalue weighted by Gasteiger charge is -2.16. The van der Waals surface area contributed by atoms with E-state index >= 15 is 0 Å². The van der Waals surface area contributed by atoms with Crippen molar-refractivity contribution in [3.8, 4) is 0 Å². The van der Waals surface area contributed by atoms with Crippen LogP contribution in [-0.4, -0.2) is 49.1 Å². The van der Waals surface area contributed by atoms with Crippen molar-refractivity contribution in [1.29, 1.82) is 0 Å². The van der Waals surface area contributed by atoms with E-state index in [9.17, 15) is 23.9 Å². The number of carbonyl (C=O) groups is 3. The van der Waals surface area contributed by atoms with E-state index in [-0.39, 0.29) is 35.6 Å². The van der Waals surface area contributed by atoms with Crippen LogP contribution in [0.2, 0.25) is 0 Å². The Kier molecular flexibility index (Phi) is 8.60. The molecule has 0 spiro atoms. The Morgan fingerprint density at radius 1 is 1.27 bits per heavy atom. The topological polar surface area (TPSA) is 162 Å². The molecule has 12 heteroatoms. The van der Waals surface area contributed by atoms with Crippen LogP contribution in [0.15, 0.2) is 61.4 Å². The fourth-order valence-electron chi connectivity index (χ4n) is 4.44. The molecule has 206 valence electrons. The number of carbonyl (C=O) groups excluding carboxylic acids is 2. The number of hydrogen-bond donors (Lipinski definition) is 3. The van der Waals surface area contributed by atoms with Gasteiger partial charge in [0.2, 0.25) is 0 Å². The van der Waals surface area contributed by atoms with E-state index in [1.807, 2.05) is 13.0 Å². The van der Waals surface area contributed by atoms with Gasteiger partial charge in [-0.25, -0.2) is 19.0 Å². The molecule has 0 saturated heterocycles. The molecule has 0 radical (unpaired) electrons. The zero-order valence-electron chi connectivity index (χ0n) is 21.6. The van der Waals surface area contributed by atoms with Crippen LogP contribution in [0.4, 0.5) is 4.39 Å². The minimum Gasteiger partial charge on any atom is -0.477 e. The third kappa shape index (κ3) is 6.02. The van der Waals surface area contributed by atoms with Crippen LogP contribution in [0.5, 0.6) is 0 Å². The van der Waals surface area contributed by atoms with Crippen molar-refractivity contribution in [2.75, 3.05) is 6.61 Å². The van der Waals surface area contributed by atoms with E-state index in [0.717, 1.165) is 22.3 Å². The molecule has 5 rings (SSSR count). The van der Waals surface area contributed by atoms with Gasteiger partial charge >= 0.3 is 11.9 Å². The summed E-state index contributed by atoms with van der Waals surface area (Å²) in [6.07, 6.45) is 4.04. The number of carboxylic acid groups (broad SMARTS) is 1.